The molecular formula is C21H25N7O2S. The van der Waals surface area contributed by atoms with E-state index in [1.807, 2.05) is 24.4 Å². The van der Waals surface area contributed by atoms with Crippen molar-refractivity contribution in [3.05, 3.63) is 54.9 Å². The van der Waals surface area contributed by atoms with Crippen LogP contribution in [0.2, 0.25) is 0 Å². The number of hydrogen-bond acceptors (Lipinski definition) is 7. The lowest BCUT2D eigenvalue weighted by Crippen LogP contribution is -2.49. The summed E-state index contributed by atoms with van der Waals surface area (Å²) in [6.07, 6.45) is 5.91. The van der Waals surface area contributed by atoms with Gasteiger partial charge in [0, 0.05) is 51.7 Å². The van der Waals surface area contributed by atoms with Crippen molar-refractivity contribution in [3.8, 4) is 5.69 Å². The van der Waals surface area contributed by atoms with E-state index in [0.29, 0.717) is 31.1 Å². The molecule has 0 saturated carbocycles. The third kappa shape index (κ3) is 4.00. The summed E-state index contributed by atoms with van der Waals surface area (Å²) in [6.45, 7) is 4.07. The first kappa shape index (κ1) is 20.0. The van der Waals surface area contributed by atoms with Crippen LogP contribution in [0.4, 0.5) is 11.6 Å². The SMILES string of the molecule is O=S(=O)(c1ccc(-n2cccn2)cc1)N1CCN(c2ccc(N3CCCC3)nn2)CC1. The average Bonchev–Trinajstić information content (AvgIpc) is 3.54. The van der Waals surface area contributed by atoms with Crippen molar-refractivity contribution in [1.29, 1.82) is 0 Å². The Kier molecular flexibility index (Phi) is 5.33. The summed E-state index contributed by atoms with van der Waals surface area (Å²) in [4.78, 5) is 4.64. The Hall–Kier alpha value is -2.98. The first-order valence-electron chi connectivity index (χ1n) is 10.6. The minimum atomic E-state index is -3.54. The van der Waals surface area contributed by atoms with Gasteiger partial charge in [-0.3, -0.25) is 0 Å². The summed E-state index contributed by atoms with van der Waals surface area (Å²) < 4.78 is 29.4. The summed E-state index contributed by atoms with van der Waals surface area (Å²) in [5.41, 5.74) is 0.824. The molecule has 0 amide bonds. The third-order valence-electron chi connectivity index (χ3n) is 5.87. The maximum atomic E-state index is 13.1. The Morgan fingerprint density at radius 1 is 0.742 bits per heavy atom. The molecular weight excluding hydrogens is 414 g/mol. The number of hydrogen-bond donors (Lipinski definition) is 0. The van der Waals surface area contributed by atoms with Crippen LogP contribution >= 0.6 is 0 Å². The van der Waals surface area contributed by atoms with Crippen molar-refractivity contribution in [1.82, 2.24) is 24.3 Å². The van der Waals surface area contributed by atoms with Gasteiger partial charge < -0.3 is 9.80 Å². The zero-order chi connectivity index (χ0) is 21.3. The van der Waals surface area contributed by atoms with Gasteiger partial charge in [-0.15, -0.1) is 10.2 Å². The van der Waals surface area contributed by atoms with E-state index in [0.717, 1.165) is 30.4 Å². The molecule has 2 fully saturated rings. The molecule has 0 bridgehead atoms. The maximum Gasteiger partial charge on any atom is 0.243 e. The van der Waals surface area contributed by atoms with Crippen molar-refractivity contribution in [2.75, 3.05) is 49.1 Å². The Morgan fingerprint density at radius 2 is 1.35 bits per heavy atom. The minimum Gasteiger partial charge on any atom is -0.355 e. The van der Waals surface area contributed by atoms with E-state index in [1.165, 1.54) is 12.8 Å². The smallest absolute Gasteiger partial charge is 0.243 e. The standard InChI is InChI=1S/C21H25N7O2S/c29-31(30,19-6-4-18(5-7-19)28-13-3-10-22-28)27-16-14-26(15-17-27)21-9-8-20(23-24-21)25-11-1-2-12-25/h3-10,13H,1-2,11-12,14-17H2. The Balaban J connectivity index is 1.23. The second-order valence-corrected chi connectivity index (χ2v) is 9.72. The van der Waals surface area contributed by atoms with Crippen molar-refractivity contribution < 1.29 is 8.42 Å². The lowest BCUT2D eigenvalue weighted by atomic mass is 10.3. The molecule has 4 heterocycles. The van der Waals surface area contributed by atoms with Crippen LogP contribution in [0.3, 0.4) is 0 Å². The highest BCUT2D eigenvalue weighted by Gasteiger charge is 2.29. The summed E-state index contributed by atoms with van der Waals surface area (Å²) in [6, 6.07) is 12.6. The van der Waals surface area contributed by atoms with E-state index in [9.17, 15) is 8.42 Å². The van der Waals surface area contributed by atoms with Crippen LogP contribution in [0.25, 0.3) is 5.69 Å². The van der Waals surface area contributed by atoms with Gasteiger partial charge in [0.25, 0.3) is 0 Å². The summed E-state index contributed by atoms with van der Waals surface area (Å²) >= 11 is 0. The monoisotopic (exact) mass is 439 g/mol. The highest BCUT2D eigenvalue weighted by atomic mass is 32.2. The zero-order valence-corrected chi connectivity index (χ0v) is 18.0. The van der Waals surface area contributed by atoms with Gasteiger partial charge in [0.15, 0.2) is 11.6 Å². The maximum absolute atomic E-state index is 13.1. The largest absolute Gasteiger partial charge is 0.355 e. The van der Waals surface area contributed by atoms with Gasteiger partial charge in [-0.05, 0) is 55.3 Å². The fourth-order valence-electron chi connectivity index (χ4n) is 4.10. The van der Waals surface area contributed by atoms with Gasteiger partial charge in [0.1, 0.15) is 0 Å². The predicted octanol–water partition coefficient (Wildman–Crippen LogP) is 1.77. The molecule has 2 aliphatic heterocycles. The Labute approximate surface area is 182 Å². The zero-order valence-electron chi connectivity index (χ0n) is 17.2. The van der Waals surface area contributed by atoms with E-state index < -0.39 is 10.0 Å². The molecule has 31 heavy (non-hydrogen) atoms. The van der Waals surface area contributed by atoms with Crippen LogP contribution in [-0.2, 0) is 10.0 Å². The molecule has 2 saturated heterocycles. The van der Waals surface area contributed by atoms with E-state index in [1.54, 1.807) is 39.4 Å². The third-order valence-corrected chi connectivity index (χ3v) is 7.79. The van der Waals surface area contributed by atoms with Gasteiger partial charge in [-0.2, -0.15) is 9.40 Å². The number of sulfonamides is 1. The molecule has 10 heteroatoms. The number of benzene rings is 1. The first-order chi connectivity index (χ1) is 15.1. The predicted molar refractivity (Wildman–Crippen MR) is 118 cm³/mol. The van der Waals surface area contributed by atoms with Gasteiger partial charge in [0.2, 0.25) is 10.0 Å². The molecule has 3 aromatic rings. The van der Waals surface area contributed by atoms with Crippen LogP contribution < -0.4 is 9.80 Å². The molecule has 162 valence electrons. The molecule has 2 aromatic heterocycles. The molecule has 0 radical (unpaired) electrons. The topological polar surface area (TPSA) is 87.5 Å². The summed E-state index contributed by atoms with van der Waals surface area (Å²) in [5.74, 6) is 1.71. The summed E-state index contributed by atoms with van der Waals surface area (Å²) in [7, 11) is -3.54. The lowest BCUT2D eigenvalue weighted by Gasteiger charge is -2.34. The molecule has 0 atom stereocenters. The Bertz CT molecular complexity index is 1100. The van der Waals surface area contributed by atoms with E-state index in [2.05, 4.69) is 25.1 Å². The van der Waals surface area contributed by atoms with Crippen LogP contribution in [-0.4, -0.2) is 72.0 Å². The number of anilines is 2. The van der Waals surface area contributed by atoms with Crippen molar-refractivity contribution in [3.63, 3.8) is 0 Å². The minimum absolute atomic E-state index is 0.298. The number of nitrogens with zero attached hydrogens (tertiary/aromatic N) is 7. The molecule has 1 aromatic carbocycles. The quantitative estimate of drug-likeness (QED) is 0.599. The summed E-state index contributed by atoms with van der Waals surface area (Å²) in [5, 5.41) is 12.9. The highest BCUT2D eigenvalue weighted by Crippen LogP contribution is 2.23. The second-order valence-electron chi connectivity index (χ2n) is 7.78. The molecule has 0 aliphatic carbocycles. The van der Waals surface area contributed by atoms with E-state index in [4.69, 9.17) is 0 Å². The van der Waals surface area contributed by atoms with Crippen molar-refractivity contribution in [2.45, 2.75) is 17.7 Å². The van der Waals surface area contributed by atoms with E-state index in [-0.39, 0.29) is 0 Å². The van der Waals surface area contributed by atoms with Gasteiger partial charge in [-0.25, -0.2) is 13.1 Å². The number of piperazine rings is 1. The molecule has 9 nitrogen and oxygen atoms in total. The Morgan fingerprint density at radius 3 is 1.90 bits per heavy atom. The van der Waals surface area contributed by atoms with Gasteiger partial charge >= 0.3 is 0 Å². The number of aromatic nitrogens is 4. The molecule has 2 aliphatic rings. The molecule has 0 N–H and O–H groups in total. The lowest BCUT2D eigenvalue weighted by molar-refractivity contribution is 0.383. The molecule has 5 rings (SSSR count). The van der Waals surface area contributed by atoms with Gasteiger partial charge in [0.05, 0.1) is 10.6 Å². The second kappa shape index (κ2) is 8.27. The normalized spacial score (nSPS) is 17.9. The van der Waals surface area contributed by atoms with Crippen LogP contribution in [0.1, 0.15) is 12.8 Å². The van der Waals surface area contributed by atoms with E-state index >= 15 is 0 Å². The first-order valence-corrected chi connectivity index (χ1v) is 12.0. The van der Waals surface area contributed by atoms with Crippen molar-refractivity contribution in [2.24, 2.45) is 0 Å². The molecule has 0 unspecified atom stereocenters. The van der Waals surface area contributed by atoms with Gasteiger partial charge in [-0.1, -0.05) is 0 Å². The van der Waals surface area contributed by atoms with Crippen LogP contribution in [0.15, 0.2) is 59.8 Å². The fourth-order valence-corrected chi connectivity index (χ4v) is 5.52. The highest BCUT2D eigenvalue weighted by molar-refractivity contribution is 7.89. The van der Waals surface area contributed by atoms with Crippen LogP contribution in [0.5, 0.6) is 0 Å². The van der Waals surface area contributed by atoms with Crippen LogP contribution in [0, 0.1) is 0 Å². The number of rotatable bonds is 5. The van der Waals surface area contributed by atoms with Crippen molar-refractivity contribution >= 4 is 21.7 Å². The average molecular weight is 440 g/mol. The molecule has 0 spiro atoms. The fraction of sp³-hybridized carbons (Fsp3) is 0.381.